The molecule has 1 nitrogen and oxygen atoms in total. The van der Waals surface area contributed by atoms with E-state index in [1.54, 1.807) is 0 Å². The molecule has 64 valence electrons. The zero-order valence-corrected chi connectivity index (χ0v) is 7.42. The van der Waals surface area contributed by atoms with Gasteiger partial charge >= 0.3 is 0 Å². The third-order valence-corrected chi connectivity index (χ3v) is 1.57. The SMILES string of the molecule is C=Cc1cccc(OCCC)c1. The van der Waals surface area contributed by atoms with Crippen molar-refractivity contribution in [1.82, 2.24) is 0 Å². The summed E-state index contributed by atoms with van der Waals surface area (Å²) in [5, 5.41) is 0. The first-order chi connectivity index (χ1) is 5.86. The van der Waals surface area contributed by atoms with Crippen LogP contribution < -0.4 is 4.74 Å². The second-order valence-electron chi connectivity index (χ2n) is 2.63. The van der Waals surface area contributed by atoms with E-state index in [1.807, 2.05) is 30.3 Å². The average Bonchev–Trinajstić information content (AvgIpc) is 2.15. The molecule has 1 aromatic carbocycles. The fourth-order valence-electron chi connectivity index (χ4n) is 0.951. The summed E-state index contributed by atoms with van der Waals surface area (Å²) in [6, 6.07) is 7.93. The highest BCUT2D eigenvalue weighted by Crippen LogP contribution is 2.13. The fraction of sp³-hybridized carbons (Fsp3) is 0.273. The predicted octanol–water partition coefficient (Wildman–Crippen LogP) is 3.12. The monoisotopic (exact) mass is 162 g/mol. The first-order valence-corrected chi connectivity index (χ1v) is 4.22. The molecule has 0 saturated heterocycles. The summed E-state index contributed by atoms with van der Waals surface area (Å²) in [6.45, 7) is 6.57. The van der Waals surface area contributed by atoms with Crippen LogP contribution in [0.15, 0.2) is 30.8 Å². The lowest BCUT2D eigenvalue weighted by molar-refractivity contribution is 0.317. The molecule has 1 rings (SSSR count). The predicted molar refractivity (Wildman–Crippen MR) is 52.3 cm³/mol. The molecule has 0 heterocycles. The lowest BCUT2D eigenvalue weighted by Crippen LogP contribution is -1.94. The second kappa shape index (κ2) is 4.60. The van der Waals surface area contributed by atoms with E-state index in [2.05, 4.69) is 13.5 Å². The first kappa shape index (κ1) is 8.85. The van der Waals surface area contributed by atoms with E-state index in [9.17, 15) is 0 Å². The van der Waals surface area contributed by atoms with Crippen molar-refractivity contribution in [3.63, 3.8) is 0 Å². The topological polar surface area (TPSA) is 9.23 Å². The van der Waals surface area contributed by atoms with E-state index in [0.29, 0.717) is 0 Å². The van der Waals surface area contributed by atoms with Crippen LogP contribution in [-0.4, -0.2) is 6.61 Å². The Bertz CT molecular complexity index is 253. The molecular weight excluding hydrogens is 148 g/mol. The molecule has 0 bridgehead atoms. The van der Waals surface area contributed by atoms with Crippen LogP contribution >= 0.6 is 0 Å². The van der Waals surface area contributed by atoms with Gasteiger partial charge in [0, 0.05) is 0 Å². The maximum atomic E-state index is 5.45. The van der Waals surface area contributed by atoms with E-state index in [0.717, 1.165) is 24.3 Å². The van der Waals surface area contributed by atoms with Gasteiger partial charge in [0.15, 0.2) is 0 Å². The van der Waals surface area contributed by atoms with Gasteiger partial charge in [-0.05, 0) is 24.1 Å². The molecule has 0 N–H and O–H groups in total. The fourth-order valence-corrected chi connectivity index (χ4v) is 0.951. The van der Waals surface area contributed by atoms with Crippen molar-refractivity contribution < 1.29 is 4.74 Å². The van der Waals surface area contributed by atoms with Gasteiger partial charge in [0.2, 0.25) is 0 Å². The highest BCUT2D eigenvalue weighted by Gasteiger charge is 1.91. The molecule has 0 atom stereocenters. The summed E-state index contributed by atoms with van der Waals surface area (Å²) in [5.74, 6) is 0.925. The minimum Gasteiger partial charge on any atom is -0.494 e. The lowest BCUT2D eigenvalue weighted by atomic mass is 10.2. The van der Waals surface area contributed by atoms with Crippen molar-refractivity contribution >= 4 is 6.08 Å². The van der Waals surface area contributed by atoms with Crippen LogP contribution in [0.4, 0.5) is 0 Å². The molecule has 0 unspecified atom stereocenters. The van der Waals surface area contributed by atoms with Crippen molar-refractivity contribution in [1.29, 1.82) is 0 Å². The third-order valence-electron chi connectivity index (χ3n) is 1.57. The van der Waals surface area contributed by atoms with Crippen molar-refractivity contribution in [2.24, 2.45) is 0 Å². The molecule has 1 aromatic rings. The molecule has 0 aliphatic carbocycles. The normalized spacial score (nSPS) is 9.42. The van der Waals surface area contributed by atoms with Crippen LogP contribution in [0.25, 0.3) is 6.08 Å². The minimum atomic E-state index is 0.778. The van der Waals surface area contributed by atoms with Crippen LogP contribution in [0.1, 0.15) is 18.9 Å². The van der Waals surface area contributed by atoms with Gasteiger partial charge in [-0.1, -0.05) is 31.7 Å². The zero-order chi connectivity index (χ0) is 8.81. The summed E-state index contributed by atoms with van der Waals surface area (Å²) in [4.78, 5) is 0. The Morgan fingerprint density at radius 1 is 1.50 bits per heavy atom. The van der Waals surface area contributed by atoms with Crippen molar-refractivity contribution in [2.45, 2.75) is 13.3 Å². The quantitative estimate of drug-likeness (QED) is 0.661. The molecular formula is C11H14O. The van der Waals surface area contributed by atoms with E-state index in [1.165, 1.54) is 0 Å². The van der Waals surface area contributed by atoms with Gasteiger partial charge in [0.05, 0.1) is 6.61 Å². The Kier molecular flexibility index (Phi) is 3.39. The highest BCUT2D eigenvalue weighted by atomic mass is 16.5. The number of rotatable bonds is 4. The Balaban J connectivity index is 2.66. The molecule has 0 radical (unpaired) electrons. The summed E-state index contributed by atoms with van der Waals surface area (Å²) < 4.78 is 5.45. The Morgan fingerprint density at radius 2 is 2.33 bits per heavy atom. The average molecular weight is 162 g/mol. The van der Waals surface area contributed by atoms with E-state index in [-0.39, 0.29) is 0 Å². The van der Waals surface area contributed by atoms with Gasteiger partial charge < -0.3 is 4.74 Å². The van der Waals surface area contributed by atoms with Gasteiger partial charge in [0.25, 0.3) is 0 Å². The third kappa shape index (κ3) is 2.42. The van der Waals surface area contributed by atoms with Gasteiger partial charge in [0.1, 0.15) is 5.75 Å². The standard InChI is InChI=1S/C11H14O/c1-3-8-12-11-7-5-6-10(4-2)9-11/h4-7,9H,2-3,8H2,1H3. The van der Waals surface area contributed by atoms with Crippen molar-refractivity contribution in [3.8, 4) is 5.75 Å². The molecule has 0 fully saturated rings. The molecule has 1 heteroatoms. The number of benzene rings is 1. The molecule has 0 saturated carbocycles. The first-order valence-electron chi connectivity index (χ1n) is 4.22. The van der Waals surface area contributed by atoms with Crippen LogP contribution in [0.5, 0.6) is 5.75 Å². The number of hydrogen-bond acceptors (Lipinski definition) is 1. The van der Waals surface area contributed by atoms with Gasteiger partial charge in [-0.15, -0.1) is 0 Å². The molecule has 0 spiro atoms. The zero-order valence-electron chi connectivity index (χ0n) is 7.42. The lowest BCUT2D eigenvalue weighted by Gasteiger charge is -2.04. The van der Waals surface area contributed by atoms with Gasteiger partial charge in [-0.2, -0.15) is 0 Å². The van der Waals surface area contributed by atoms with Gasteiger partial charge in [-0.3, -0.25) is 0 Å². The largest absolute Gasteiger partial charge is 0.494 e. The van der Waals surface area contributed by atoms with Crippen molar-refractivity contribution in [2.75, 3.05) is 6.61 Å². The summed E-state index contributed by atoms with van der Waals surface area (Å²) >= 11 is 0. The maximum Gasteiger partial charge on any atom is 0.119 e. The van der Waals surface area contributed by atoms with Crippen LogP contribution in [0.2, 0.25) is 0 Å². The molecule has 0 aliphatic rings. The molecule has 12 heavy (non-hydrogen) atoms. The number of hydrogen-bond donors (Lipinski definition) is 0. The Hall–Kier alpha value is -1.24. The number of ether oxygens (including phenoxy) is 1. The van der Waals surface area contributed by atoms with Crippen LogP contribution in [-0.2, 0) is 0 Å². The van der Waals surface area contributed by atoms with Crippen LogP contribution in [0, 0.1) is 0 Å². The molecule has 0 aromatic heterocycles. The minimum absolute atomic E-state index is 0.778. The summed E-state index contributed by atoms with van der Waals surface area (Å²) in [5.41, 5.74) is 1.10. The summed E-state index contributed by atoms with van der Waals surface area (Å²) in [7, 11) is 0. The smallest absolute Gasteiger partial charge is 0.119 e. The Morgan fingerprint density at radius 3 is 3.00 bits per heavy atom. The van der Waals surface area contributed by atoms with Gasteiger partial charge in [-0.25, -0.2) is 0 Å². The van der Waals surface area contributed by atoms with Crippen molar-refractivity contribution in [3.05, 3.63) is 36.4 Å². The van der Waals surface area contributed by atoms with E-state index in [4.69, 9.17) is 4.74 Å². The van der Waals surface area contributed by atoms with E-state index < -0.39 is 0 Å². The molecule has 0 amide bonds. The Labute approximate surface area is 73.7 Å². The highest BCUT2D eigenvalue weighted by molar-refractivity contribution is 5.49. The second-order valence-corrected chi connectivity index (χ2v) is 2.63. The maximum absolute atomic E-state index is 5.45. The summed E-state index contributed by atoms with van der Waals surface area (Å²) in [6.07, 6.45) is 2.86. The van der Waals surface area contributed by atoms with E-state index >= 15 is 0 Å². The molecule has 0 aliphatic heterocycles. The van der Waals surface area contributed by atoms with Crippen LogP contribution in [0.3, 0.4) is 0 Å².